The first-order valence-corrected chi connectivity index (χ1v) is 8.94. The average Bonchev–Trinajstić information content (AvgIpc) is 2.53. The van der Waals surface area contributed by atoms with Gasteiger partial charge in [-0.1, -0.05) is 35.9 Å². The minimum atomic E-state index is -3.80. The van der Waals surface area contributed by atoms with Crippen molar-refractivity contribution in [1.82, 2.24) is 10.2 Å². The zero-order chi connectivity index (χ0) is 17.9. The largest absolute Gasteiger partial charge is 0.288 e. The van der Waals surface area contributed by atoms with E-state index in [9.17, 15) is 13.2 Å². The van der Waals surface area contributed by atoms with Gasteiger partial charge in [-0.3, -0.25) is 10.0 Å². The normalized spacial score (nSPS) is 12.7. The molecule has 6 nitrogen and oxygen atoms in total. The first kappa shape index (κ1) is 18.4. The van der Waals surface area contributed by atoms with E-state index < -0.39 is 22.0 Å². The van der Waals surface area contributed by atoms with Crippen molar-refractivity contribution in [2.24, 2.45) is 0 Å². The predicted molar refractivity (Wildman–Crippen MR) is 90.6 cm³/mol. The highest BCUT2D eigenvalue weighted by molar-refractivity contribution is 7.89. The summed E-state index contributed by atoms with van der Waals surface area (Å²) in [6.45, 7) is 3.36. The second-order valence-corrected chi connectivity index (χ2v) is 7.35. The van der Waals surface area contributed by atoms with Gasteiger partial charge in [-0.05, 0) is 43.2 Å². The maximum Gasteiger partial charge on any atom is 0.274 e. The number of hydrogen-bond donors (Lipinski definition) is 3. The van der Waals surface area contributed by atoms with Gasteiger partial charge >= 0.3 is 0 Å². The molecule has 24 heavy (non-hydrogen) atoms. The summed E-state index contributed by atoms with van der Waals surface area (Å²) in [5.74, 6) is -0.638. The minimum absolute atomic E-state index is 0.0507. The Labute approximate surface area is 145 Å². The third-order valence-electron chi connectivity index (χ3n) is 3.54. The van der Waals surface area contributed by atoms with Gasteiger partial charge in [0.1, 0.15) is 4.90 Å². The maximum atomic E-state index is 12.6. The number of benzene rings is 2. The van der Waals surface area contributed by atoms with Gasteiger partial charge in [0.25, 0.3) is 5.91 Å². The van der Waals surface area contributed by atoms with Crippen molar-refractivity contribution in [1.29, 1.82) is 0 Å². The van der Waals surface area contributed by atoms with Gasteiger partial charge in [0.2, 0.25) is 10.0 Å². The van der Waals surface area contributed by atoms with Crippen LogP contribution >= 0.6 is 11.6 Å². The lowest BCUT2D eigenvalue weighted by atomic mass is 10.1. The Hall–Kier alpha value is -1.93. The van der Waals surface area contributed by atoms with Crippen LogP contribution in [0.1, 0.15) is 34.5 Å². The van der Waals surface area contributed by atoms with E-state index in [1.54, 1.807) is 38.1 Å². The van der Waals surface area contributed by atoms with Crippen LogP contribution < -0.4 is 10.2 Å². The third kappa shape index (κ3) is 3.93. The fourth-order valence-electron chi connectivity index (χ4n) is 2.30. The molecule has 0 spiro atoms. The maximum absolute atomic E-state index is 12.6. The minimum Gasteiger partial charge on any atom is -0.288 e. The smallest absolute Gasteiger partial charge is 0.274 e. The van der Waals surface area contributed by atoms with Gasteiger partial charge in [-0.25, -0.2) is 18.6 Å². The molecule has 1 atom stereocenters. The first-order valence-electron chi connectivity index (χ1n) is 7.08. The predicted octanol–water partition coefficient (Wildman–Crippen LogP) is 2.81. The van der Waals surface area contributed by atoms with Gasteiger partial charge < -0.3 is 0 Å². The van der Waals surface area contributed by atoms with Gasteiger partial charge in [-0.2, -0.15) is 0 Å². The number of nitrogens with one attached hydrogen (secondary N) is 2. The molecule has 0 radical (unpaired) electrons. The van der Waals surface area contributed by atoms with Crippen molar-refractivity contribution in [3.8, 4) is 0 Å². The molecule has 0 bridgehead atoms. The van der Waals surface area contributed by atoms with E-state index in [0.29, 0.717) is 11.1 Å². The van der Waals surface area contributed by atoms with Gasteiger partial charge in [0.15, 0.2) is 0 Å². The van der Waals surface area contributed by atoms with Gasteiger partial charge in [0.05, 0.1) is 5.02 Å². The molecule has 1 unspecified atom stereocenters. The van der Waals surface area contributed by atoms with Gasteiger partial charge in [-0.15, -0.1) is 0 Å². The average molecular weight is 369 g/mol. The topological polar surface area (TPSA) is 95.5 Å². The van der Waals surface area contributed by atoms with Crippen molar-refractivity contribution in [3.63, 3.8) is 0 Å². The van der Waals surface area contributed by atoms with Crippen LogP contribution in [0.25, 0.3) is 0 Å². The van der Waals surface area contributed by atoms with Crippen LogP contribution in [0.2, 0.25) is 5.02 Å². The fraction of sp³-hybridized carbons (Fsp3) is 0.188. The molecule has 2 aromatic carbocycles. The molecule has 2 aromatic rings. The lowest BCUT2D eigenvalue weighted by Crippen LogP contribution is -2.28. The molecule has 0 aliphatic heterocycles. The number of sulfonamides is 1. The molecule has 0 fully saturated rings. The Morgan fingerprint density at radius 1 is 1.17 bits per heavy atom. The van der Waals surface area contributed by atoms with Crippen molar-refractivity contribution in [3.05, 3.63) is 64.2 Å². The van der Waals surface area contributed by atoms with E-state index in [1.807, 2.05) is 0 Å². The quantitative estimate of drug-likeness (QED) is 0.558. The van der Waals surface area contributed by atoms with Crippen LogP contribution in [0, 0.1) is 6.92 Å². The highest BCUT2D eigenvalue weighted by atomic mass is 35.5. The zero-order valence-corrected chi connectivity index (χ0v) is 14.6. The van der Waals surface area contributed by atoms with E-state index in [1.165, 1.54) is 23.7 Å². The van der Waals surface area contributed by atoms with E-state index in [0.717, 1.165) is 0 Å². The zero-order valence-electron chi connectivity index (χ0n) is 13.1. The van der Waals surface area contributed by atoms with Gasteiger partial charge in [0, 0.05) is 11.6 Å². The van der Waals surface area contributed by atoms with E-state index in [4.69, 9.17) is 16.8 Å². The molecule has 0 aliphatic rings. The fourth-order valence-corrected chi connectivity index (χ4v) is 4.37. The molecule has 0 saturated heterocycles. The summed E-state index contributed by atoms with van der Waals surface area (Å²) >= 11 is 6.03. The Balaban J connectivity index is 2.25. The number of aryl methyl sites for hydroxylation is 1. The lowest BCUT2D eigenvalue weighted by molar-refractivity contribution is 0.0706. The van der Waals surface area contributed by atoms with Crippen molar-refractivity contribution < 1.29 is 18.4 Å². The number of hydroxylamine groups is 1. The second kappa shape index (κ2) is 7.31. The number of carbonyl (C=O) groups is 1. The monoisotopic (exact) mass is 368 g/mol. The molecule has 1 amide bonds. The van der Waals surface area contributed by atoms with Crippen molar-refractivity contribution in [2.45, 2.75) is 24.8 Å². The molecule has 8 heteroatoms. The Kier molecular flexibility index (Phi) is 5.61. The Morgan fingerprint density at radius 2 is 1.79 bits per heavy atom. The number of carbonyl (C=O) groups excluding carboxylic acids is 1. The van der Waals surface area contributed by atoms with Crippen LogP contribution in [0.4, 0.5) is 0 Å². The number of halogens is 1. The van der Waals surface area contributed by atoms with Crippen molar-refractivity contribution in [2.75, 3.05) is 0 Å². The van der Waals surface area contributed by atoms with Crippen LogP contribution in [-0.4, -0.2) is 19.5 Å². The summed E-state index contributed by atoms with van der Waals surface area (Å²) in [5.41, 5.74) is 3.02. The lowest BCUT2D eigenvalue weighted by Gasteiger charge is -2.17. The summed E-state index contributed by atoms with van der Waals surface area (Å²) in [4.78, 5) is 11.3. The Morgan fingerprint density at radius 3 is 2.33 bits per heavy atom. The molecule has 3 N–H and O–H groups in total. The summed E-state index contributed by atoms with van der Waals surface area (Å²) in [7, 11) is -3.80. The van der Waals surface area contributed by atoms with E-state index in [-0.39, 0.29) is 15.5 Å². The number of hydrogen-bond acceptors (Lipinski definition) is 4. The van der Waals surface area contributed by atoms with E-state index >= 15 is 0 Å². The molecule has 0 aliphatic carbocycles. The second-order valence-electron chi connectivity index (χ2n) is 5.29. The van der Waals surface area contributed by atoms with E-state index in [2.05, 4.69) is 4.72 Å². The standard InChI is InChI=1S/C16H17ClN2O4S/c1-10-4-3-5-14(17)15(10)24(22,23)19-11(2)12-6-8-13(9-7-12)16(20)18-21/h3-9,11,19,21H,1-2H3,(H,18,20). The molecule has 128 valence electrons. The molecule has 0 saturated carbocycles. The van der Waals surface area contributed by atoms with Crippen LogP contribution in [0.15, 0.2) is 47.4 Å². The molecular formula is C16H17ClN2O4S. The summed E-state index contributed by atoms with van der Waals surface area (Å²) in [5, 5.41) is 8.75. The first-order chi connectivity index (χ1) is 11.3. The molecular weight excluding hydrogens is 352 g/mol. The van der Waals surface area contributed by atoms with Crippen LogP contribution in [0.3, 0.4) is 0 Å². The number of amides is 1. The number of rotatable bonds is 5. The summed E-state index contributed by atoms with van der Waals surface area (Å²) in [6, 6.07) is 10.6. The summed E-state index contributed by atoms with van der Waals surface area (Å²) < 4.78 is 27.7. The van der Waals surface area contributed by atoms with Crippen LogP contribution in [0.5, 0.6) is 0 Å². The molecule has 0 aromatic heterocycles. The Bertz CT molecular complexity index is 831. The highest BCUT2D eigenvalue weighted by Crippen LogP contribution is 2.26. The molecule has 2 rings (SSSR count). The van der Waals surface area contributed by atoms with Crippen molar-refractivity contribution >= 4 is 27.5 Å². The summed E-state index contributed by atoms with van der Waals surface area (Å²) in [6.07, 6.45) is 0. The highest BCUT2D eigenvalue weighted by Gasteiger charge is 2.23. The SMILES string of the molecule is Cc1cccc(Cl)c1S(=O)(=O)NC(C)c1ccc(C(=O)NO)cc1. The third-order valence-corrected chi connectivity index (χ3v) is 5.71. The van der Waals surface area contributed by atoms with Crippen LogP contribution in [-0.2, 0) is 10.0 Å². The molecule has 0 heterocycles.